The molecular weight excluding hydrogens is 864 g/mol. The summed E-state index contributed by atoms with van der Waals surface area (Å²) < 4.78 is 5.66. The summed E-state index contributed by atoms with van der Waals surface area (Å²) >= 11 is 6.65. The second-order valence-corrected chi connectivity index (χ2v) is 15.7. The molecule has 13 nitrogen and oxygen atoms in total. The van der Waals surface area contributed by atoms with Gasteiger partial charge in [0.25, 0.3) is 0 Å². The number of halogens is 1. The second kappa shape index (κ2) is 20.5. The number of carbonyl (C=O) groups is 2. The zero-order chi connectivity index (χ0) is 46.9. The molecule has 0 aliphatic rings. The molecule has 0 saturated carbocycles. The molecule has 2 amide bonds. The fourth-order valence-corrected chi connectivity index (χ4v) is 7.60. The Hall–Kier alpha value is -8.65. The summed E-state index contributed by atoms with van der Waals surface area (Å²) in [5, 5.41) is 27.8. The number of methoxy groups -OCH3 is 1. The van der Waals surface area contributed by atoms with Crippen molar-refractivity contribution in [1.82, 2.24) is 30.6 Å². The van der Waals surface area contributed by atoms with Crippen LogP contribution in [0.25, 0.3) is 21.8 Å². The second-order valence-electron chi connectivity index (χ2n) is 15.3. The Balaban J connectivity index is 0.908. The average molecular weight is 907 g/mol. The third-order valence-electron chi connectivity index (χ3n) is 10.5. The van der Waals surface area contributed by atoms with Crippen LogP contribution in [0.1, 0.15) is 37.8 Å². The highest BCUT2D eigenvalue weighted by Gasteiger charge is 2.22. The molecular formula is C53H43ClN8O5. The molecule has 0 bridgehead atoms. The predicted octanol–water partition coefficient (Wildman–Crippen LogP) is 9.78. The molecule has 6 aromatic carbocycles. The van der Waals surface area contributed by atoms with Crippen molar-refractivity contribution in [2.24, 2.45) is 0 Å². The Kier molecular flexibility index (Phi) is 13.7. The van der Waals surface area contributed by atoms with Crippen LogP contribution in [-0.4, -0.2) is 61.2 Å². The molecule has 0 aliphatic carbocycles. The van der Waals surface area contributed by atoms with E-state index in [1.54, 1.807) is 51.3 Å². The standard InChI is InChI=1S/C53H43ClN8O5/c1-34(14-16-36-18-22-45-42(28-36)52(57-32-55-45)61(38-10-6-4-7-11-38)47-24-20-40(63)30-44(47)54)59-50(65)26-27-51(66)60-35(2)15-17-37-19-23-46-43(29-37)53(58-33-56-46)62(39-12-8-5-9-13-39)48-25-21-41(64)31-49(48)67-3/h4-13,18-25,28-35,63-64H,26-27H2,1-3H3,(H,59,65)(H,60,66). The highest BCUT2D eigenvalue weighted by atomic mass is 35.5. The first-order valence-corrected chi connectivity index (χ1v) is 21.6. The molecule has 0 radical (unpaired) electrons. The zero-order valence-corrected chi connectivity index (χ0v) is 37.4. The van der Waals surface area contributed by atoms with E-state index in [-0.39, 0.29) is 36.2 Å². The number of phenols is 2. The lowest BCUT2D eigenvalue weighted by atomic mass is 10.1. The average Bonchev–Trinajstić information content (AvgIpc) is 3.34. The Morgan fingerprint density at radius 3 is 1.55 bits per heavy atom. The number of fused-ring (bicyclic) bond motifs is 2. The smallest absolute Gasteiger partial charge is 0.221 e. The van der Waals surface area contributed by atoms with Crippen LogP contribution >= 0.6 is 11.6 Å². The van der Waals surface area contributed by atoms with Crippen molar-refractivity contribution in [3.63, 3.8) is 0 Å². The number of para-hydroxylation sites is 2. The number of aromatic hydroxyl groups is 2. The maximum atomic E-state index is 12.9. The van der Waals surface area contributed by atoms with Gasteiger partial charge in [0, 0.05) is 58.2 Å². The first-order valence-electron chi connectivity index (χ1n) is 21.2. The zero-order valence-electron chi connectivity index (χ0n) is 36.6. The lowest BCUT2D eigenvalue weighted by Gasteiger charge is -2.26. The number of benzene rings is 6. The van der Waals surface area contributed by atoms with Gasteiger partial charge in [0.05, 0.1) is 46.6 Å². The van der Waals surface area contributed by atoms with Gasteiger partial charge in [0.2, 0.25) is 11.8 Å². The monoisotopic (exact) mass is 906 g/mol. The molecule has 4 N–H and O–H groups in total. The van der Waals surface area contributed by atoms with E-state index >= 15 is 0 Å². The predicted molar refractivity (Wildman–Crippen MR) is 262 cm³/mol. The number of aromatic nitrogens is 4. The van der Waals surface area contributed by atoms with Crippen LogP contribution in [0.15, 0.2) is 146 Å². The van der Waals surface area contributed by atoms with E-state index in [1.807, 2.05) is 107 Å². The lowest BCUT2D eigenvalue weighted by Crippen LogP contribution is -2.35. The fourth-order valence-electron chi connectivity index (χ4n) is 7.34. The van der Waals surface area contributed by atoms with Crippen molar-refractivity contribution in [2.75, 3.05) is 16.9 Å². The number of rotatable bonds is 12. The minimum Gasteiger partial charge on any atom is -0.508 e. The van der Waals surface area contributed by atoms with Crippen LogP contribution < -0.4 is 25.2 Å². The van der Waals surface area contributed by atoms with E-state index < -0.39 is 12.1 Å². The van der Waals surface area contributed by atoms with Crippen LogP contribution in [0.3, 0.4) is 0 Å². The minimum atomic E-state index is -0.519. The van der Waals surface area contributed by atoms with E-state index in [0.29, 0.717) is 61.3 Å². The van der Waals surface area contributed by atoms with Gasteiger partial charge in [-0.3, -0.25) is 19.4 Å². The van der Waals surface area contributed by atoms with E-state index in [2.05, 4.69) is 54.3 Å². The molecule has 67 heavy (non-hydrogen) atoms. The van der Waals surface area contributed by atoms with E-state index in [0.717, 1.165) is 16.8 Å². The van der Waals surface area contributed by atoms with Gasteiger partial charge in [-0.1, -0.05) is 71.7 Å². The summed E-state index contributed by atoms with van der Waals surface area (Å²) in [6, 6.07) is 39.1. The van der Waals surface area contributed by atoms with Crippen LogP contribution in [0, 0.1) is 23.7 Å². The Labute approximate surface area is 392 Å². The molecule has 2 atom stereocenters. The van der Waals surface area contributed by atoms with Crippen molar-refractivity contribution in [3.8, 4) is 40.9 Å². The quantitative estimate of drug-likeness (QED) is 0.0863. The normalized spacial score (nSPS) is 11.6. The molecule has 0 fully saturated rings. The summed E-state index contributed by atoms with van der Waals surface area (Å²) in [5.41, 5.74) is 5.61. The Bertz CT molecular complexity index is 3240. The van der Waals surface area contributed by atoms with Gasteiger partial charge >= 0.3 is 0 Å². The van der Waals surface area contributed by atoms with Gasteiger partial charge in [0.15, 0.2) is 0 Å². The summed E-state index contributed by atoms with van der Waals surface area (Å²) in [7, 11) is 1.54. The van der Waals surface area contributed by atoms with Crippen molar-refractivity contribution >= 4 is 79.6 Å². The van der Waals surface area contributed by atoms with Gasteiger partial charge in [-0.05, 0) is 98.8 Å². The molecule has 8 aromatic rings. The van der Waals surface area contributed by atoms with Gasteiger partial charge in [-0.15, -0.1) is 0 Å². The number of amides is 2. The molecule has 0 aliphatic heterocycles. The Morgan fingerprint density at radius 1 is 0.612 bits per heavy atom. The molecule has 2 unspecified atom stereocenters. The first-order chi connectivity index (χ1) is 32.5. The van der Waals surface area contributed by atoms with Crippen LogP contribution in [-0.2, 0) is 9.59 Å². The Morgan fingerprint density at radius 2 is 1.07 bits per heavy atom. The van der Waals surface area contributed by atoms with Gasteiger partial charge < -0.3 is 25.6 Å². The SMILES string of the molecule is COc1cc(O)ccc1N(c1ccccc1)c1ncnc2ccc(C#CC(C)NC(=O)CCC(=O)NC(C)C#Cc3ccc4ncnc(N(c5ccccc5)c5ccc(O)cc5Cl)c4c3)cc12. The highest BCUT2D eigenvalue weighted by Crippen LogP contribution is 2.44. The summed E-state index contributed by atoms with van der Waals surface area (Å²) in [6.07, 6.45) is 2.90. The summed E-state index contributed by atoms with van der Waals surface area (Å²) in [4.78, 5) is 48.0. The number of anilines is 6. The number of carbonyl (C=O) groups excluding carboxylic acids is 2. The molecule has 8 rings (SSSR count). The first kappa shape index (κ1) is 44.9. The van der Waals surface area contributed by atoms with E-state index in [9.17, 15) is 19.8 Å². The van der Waals surface area contributed by atoms with Crippen molar-refractivity contribution < 1.29 is 24.5 Å². The fraction of sp³-hybridized carbons (Fsp3) is 0.132. The summed E-state index contributed by atoms with van der Waals surface area (Å²) in [5.74, 6) is 13.5. The van der Waals surface area contributed by atoms with Gasteiger partial charge in [-0.25, -0.2) is 19.9 Å². The topological polar surface area (TPSA) is 166 Å². The third kappa shape index (κ3) is 10.7. The maximum absolute atomic E-state index is 12.9. The number of hydrogen-bond acceptors (Lipinski definition) is 11. The third-order valence-corrected chi connectivity index (χ3v) is 10.8. The van der Waals surface area contributed by atoms with Crippen molar-refractivity contribution in [2.45, 2.75) is 38.8 Å². The number of hydrogen-bond donors (Lipinski definition) is 4. The molecule has 2 aromatic heterocycles. The lowest BCUT2D eigenvalue weighted by molar-refractivity contribution is -0.126. The largest absolute Gasteiger partial charge is 0.508 e. The van der Waals surface area contributed by atoms with Gasteiger partial charge in [-0.2, -0.15) is 0 Å². The van der Waals surface area contributed by atoms with Crippen LogP contribution in [0.5, 0.6) is 17.2 Å². The summed E-state index contributed by atoms with van der Waals surface area (Å²) in [6.45, 7) is 3.55. The minimum absolute atomic E-state index is 0.0405. The molecule has 14 heteroatoms. The van der Waals surface area contributed by atoms with E-state index in [1.165, 1.54) is 18.7 Å². The number of ether oxygens (including phenoxy) is 1. The van der Waals surface area contributed by atoms with Gasteiger partial charge in [0.1, 0.15) is 41.5 Å². The number of nitrogens with one attached hydrogen (secondary N) is 2. The van der Waals surface area contributed by atoms with Crippen molar-refractivity contribution in [3.05, 3.63) is 162 Å². The number of nitrogens with zero attached hydrogens (tertiary/aromatic N) is 6. The maximum Gasteiger partial charge on any atom is 0.221 e. The molecule has 0 spiro atoms. The molecule has 332 valence electrons. The van der Waals surface area contributed by atoms with Crippen LogP contribution in [0.2, 0.25) is 5.02 Å². The van der Waals surface area contributed by atoms with E-state index in [4.69, 9.17) is 16.3 Å². The molecule has 0 saturated heterocycles. The molecule has 2 heterocycles. The highest BCUT2D eigenvalue weighted by molar-refractivity contribution is 6.33. The van der Waals surface area contributed by atoms with Crippen molar-refractivity contribution in [1.29, 1.82) is 0 Å². The number of phenolic OH excluding ortho intramolecular Hbond substituents is 2. The van der Waals surface area contributed by atoms with Crippen LogP contribution in [0.4, 0.5) is 34.4 Å².